The van der Waals surface area contributed by atoms with E-state index in [0.29, 0.717) is 48.8 Å². The molecule has 3 aromatic rings. The third-order valence-corrected chi connectivity index (χ3v) is 6.88. The van der Waals surface area contributed by atoms with Crippen LogP contribution in [0, 0.1) is 6.92 Å². The molecular formula is C28H29N5O9. The van der Waals surface area contributed by atoms with Gasteiger partial charge in [0.1, 0.15) is 0 Å². The Hall–Kier alpha value is -4.82. The first-order valence-electron chi connectivity index (χ1n) is 13.3. The van der Waals surface area contributed by atoms with E-state index in [1.165, 1.54) is 4.90 Å². The highest BCUT2D eigenvalue weighted by Crippen LogP contribution is 2.26. The van der Waals surface area contributed by atoms with Gasteiger partial charge in [0.2, 0.25) is 6.10 Å². The van der Waals surface area contributed by atoms with E-state index >= 15 is 0 Å². The minimum Gasteiger partial charge on any atom is -0.449 e. The van der Waals surface area contributed by atoms with Gasteiger partial charge in [-0.25, -0.2) is 4.79 Å². The fourth-order valence-electron chi connectivity index (χ4n) is 4.74. The molecule has 1 aromatic heterocycles. The second kappa shape index (κ2) is 12.4. The van der Waals surface area contributed by atoms with E-state index in [1.54, 1.807) is 47.4 Å². The molecule has 0 bridgehead atoms. The summed E-state index contributed by atoms with van der Waals surface area (Å²) in [5.41, 5.74) is 2.53. The van der Waals surface area contributed by atoms with Gasteiger partial charge < -0.3 is 29.3 Å². The van der Waals surface area contributed by atoms with Crippen molar-refractivity contribution in [2.24, 2.45) is 0 Å². The van der Waals surface area contributed by atoms with Crippen molar-refractivity contribution >= 4 is 35.1 Å². The number of carbonyl (C=O) groups excluding carboxylic acids is 4. The molecule has 0 radical (unpaired) electrons. The number of ether oxygens (including phenoxy) is 3. The summed E-state index contributed by atoms with van der Waals surface area (Å²) in [5, 5.41) is 6.24. The second-order valence-electron chi connectivity index (χ2n) is 9.73. The van der Waals surface area contributed by atoms with E-state index in [9.17, 15) is 24.0 Å². The number of aryl methyl sites for hydroxylation is 1. The lowest BCUT2D eigenvalue weighted by atomic mass is 10.0. The lowest BCUT2D eigenvalue weighted by molar-refractivity contribution is -0.167. The van der Waals surface area contributed by atoms with Crippen molar-refractivity contribution < 1.29 is 37.9 Å². The van der Waals surface area contributed by atoms with Gasteiger partial charge in [-0.15, -0.1) is 0 Å². The van der Waals surface area contributed by atoms with Crippen LogP contribution in [0.15, 0.2) is 51.8 Å². The van der Waals surface area contributed by atoms with Crippen molar-refractivity contribution in [2.75, 3.05) is 49.7 Å². The van der Waals surface area contributed by atoms with Crippen LogP contribution in [0.3, 0.4) is 0 Å². The highest BCUT2D eigenvalue weighted by atomic mass is 16.6. The van der Waals surface area contributed by atoms with Gasteiger partial charge in [-0.2, -0.15) is 0 Å². The maximum Gasteiger partial charge on any atom is 0.439 e. The molecule has 2 atom stereocenters. The van der Waals surface area contributed by atoms with Gasteiger partial charge in [0.15, 0.2) is 11.9 Å². The number of aromatic nitrogens is 2. The Labute approximate surface area is 239 Å². The summed E-state index contributed by atoms with van der Waals surface area (Å²) in [7, 11) is 0. The van der Waals surface area contributed by atoms with Gasteiger partial charge in [0.05, 0.1) is 19.8 Å². The van der Waals surface area contributed by atoms with Crippen molar-refractivity contribution in [3.8, 4) is 11.4 Å². The van der Waals surface area contributed by atoms with Crippen molar-refractivity contribution in [3.05, 3.63) is 64.1 Å². The number of amides is 3. The minimum absolute atomic E-state index is 0.0622. The average molecular weight is 580 g/mol. The molecule has 2 fully saturated rings. The first kappa shape index (κ1) is 28.7. The Morgan fingerprint density at radius 3 is 2.45 bits per heavy atom. The summed E-state index contributed by atoms with van der Waals surface area (Å²) < 4.78 is 20.8. The number of hydrogen-bond acceptors (Lipinski definition) is 10. The number of H-pyrrole nitrogens is 1. The number of carbonyl (C=O) groups is 4. The molecule has 3 heterocycles. The Kier molecular flexibility index (Phi) is 8.45. The first-order chi connectivity index (χ1) is 20.2. The number of nitrogens with zero attached hydrogens (tertiary/aromatic N) is 3. The highest BCUT2D eigenvalue weighted by Gasteiger charge is 2.42. The maximum atomic E-state index is 13.6. The lowest BCUT2D eigenvalue weighted by Gasteiger charge is -2.35. The molecule has 0 spiro atoms. The van der Waals surface area contributed by atoms with Crippen LogP contribution < -0.4 is 16.0 Å². The van der Waals surface area contributed by atoms with Crippen molar-refractivity contribution in [1.29, 1.82) is 0 Å². The molecule has 14 heteroatoms. The average Bonchev–Trinajstić information content (AvgIpc) is 3.43. The van der Waals surface area contributed by atoms with E-state index in [0.717, 1.165) is 12.5 Å². The van der Waals surface area contributed by atoms with E-state index in [2.05, 4.69) is 20.0 Å². The van der Waals surface area contributed by atoms with Gasteiger partial charge in [-0.1, -0.05) is 11.2 Å². The number of benzene rings is 2. The molecular weight excluding hydrogens is 550 g/mol. The zero-order valence-corrected chi connectivity index (χ0v) is 23.0. The number of hydrogen-bond donors (Lipinski definition) is 2. The Bertz CT molecular complexity index is 1540. The number of esters is 1. The second-order valence-corrected chi connectivity index (χ2v) is 9.73. The zero-order chi connectivity index (χ0) is 29.8. The van der Waals surface area contributed by atoms with Crippen LogP contribution in [0.4, 0.5) is 11.4 Å². The number of aromatic amines is 1. The molecule has 0 unspecified atom stereocenters. The van der Waals surface area contributed by atoms with Gasteiger partial charge in [0, 0.05) is 49.1 Å². The molecule has 2 aromatic carbocycles. The minimum atomic E-state index is -1.59. The van der Waals surface area contributed by atoms with Crippen LogP contribution in [0.1, 0.15) is 22.8 Å². The molecule has 220 valence electrons. The molecule has 42 heavy (non-hydrogen) atoms. The van der Waals surface area contributed by atoms with Crippen LogP contribution in [-0.2, 0) is 28.6 Å². The number of morpholine rings is 2. The topological polar surface area (TPSA) is 173 Å². The van der Waals surface area contributed by atoms with Crippen LogP contribution in [0.25, 0.3) is 11.4 Å². The zero-order valence-electron chi connectivity index (χ0n) is 23.0. The Morgan fingerprint density at radius 2 is 1.79 bits per heavy atom. The monoisotopic (exact) mass is 579 g/mol. The summed E-state index contributed by atoms with van der Waals surface area (Å²) in [6, 6.07) is 11.4. The molecule has 2 N–H and O–H groups in total. The van der Waals surface area contributed by atoms with E-state index in [4.69, 9.17) is 14.2 Å². The van der Waals surface area contributed by atoms with E-state index in [1.807, 2.05) is 6.92 Å². The molecule has 14 nitrogen and oxygen atoms in total. The molecule has 3 amide bonds. The molecule has 2 aliphatic heterocycles. The van der Waals surface area contributed by atoms with Gasteiger partial charge in [-0.3, -0.25) is 28.7 Å². The number of rotatable bonds is 7. The fraction of sp³-hybridized carbons (Fsp3) is 0.357. The lowest BCUT2D eigenvalue weighted by Crippen LogP contribution is -2.56. The summed E-state index contributed by atoms with van der Waals surface area (Å²) in [6.45, 7) is 5.05. The SMILES string of the molecule is CC(=O)O[C@@H](C(=O)Nc1ccc(-c2noc(=O)[nH]2)cc1)[C@H]1OCCN(c2ccc(C)c(C(=O)N3CCOCC3)c2)C1=O. The predicted octanol–water partition coefficient (Wildman–Crippen LogP) is 1.11. The predicted molar refractivity (Wildman–Crippen MR) is 147 cm³/mol. The standard InChI is InChI=1S/C28H29N5O9/c1-16-3-8-20(15-21(16)26(36)32-9-12-39-13-10-32)33-11-14-40-23(27(33)37)22(41-17(2)34)25(35)29-19-6-4-18(5-7-19)24-30-28(38)42-31-24/h3-8,15,22-23H,9-14H2,1-2H3,(H,29,35)(H,30,31,38)/t22-,23-/m1/s1. The van der Waals surface area contributed by atoms with Crippen LogP contribution >= 0.6 is 0 Å². The Balaban J connectivity index is 1.34. The van der Waals surface area contributed by atoms with Crippen LogP contribution in [-0.4, -0.2) is 90.4 Å². The van der Waals surface area contributed by atoms with Crippen LogP contribution in [0.2, 0.25) is 0 Å². The quantitative estimate of drug-likeness (QED) is 0.386. The van der Waals surface area contributed by atoms with E-state index < -0.39 is 35.7 Å². The van der Waals surface area contributed by atoms with Crippen molar-refractivity contribution in [3.63, 3.8) is 0 Å². The summed E-state index contributed by atoms with van der Waals surface area (Å²) in [6.07, 6.45) is -3.02. The normalized spacial score (nSPS) is 18.0. The van der Waals surface area contributed by atoms with Crippen LogP contribution in [0.5, 0.6) is 0 Å². The molecule has 2 aliphatic rings. The number of nitrogens with one attached hydrogen (secondary N) is 2. The van der Waals surface area contributed by atoms with Crippen molar-refractivity contribution in [2.45, 2.75) is 26.1 Å². The summed E-state index contributed by atoms with van der Waals surface area (Å²) >= 11 is 0. The largest absolute Gasteiger partial charge is 0.449 e. The maximum absolute atomic E-state index is 13.6. The summed E-state index contributed by atoms with van der Waals surface area (Å²) in [4.78, 5) is 68.8. The third-order valence-electron chi connectivity index (χ3n) is 6.88. The molecule has 0 saturated carbocycles. The molecule has 0 aliphatic carbocycles. The highest BCUT2D eigenvalue weighted by molar-refractivity contribution is 6.05. The van der Waals surface area contributed by atoms with Gasteiger partial charge >= 0.3 is 11.7 Å². The smallest absolute Gasteiger partial charge is 0.439 e. The Morgan fingerprint density at radius 1 is 1.05 bits per heavy atom. The molecule has 2 saturated heterocycles. The fourth-order valence-corrected chi connectivity index (χ4v) is 4.74. The van der Waals surface area contributed by atoms with Gasteiger partial charge in [-0.05, 0) is 48.9 Å². The number of anilines is 2. The van der Waals surface area contributed by atoms with Crippen molar-refractivity contribution in [1.82, 2.24) is 15.0 Å². The summed E-state index contributed by atoms with van der Waals surface area (Å²) in [5.74, 6) is -2.80. The van der Waals surface area contributed by atoms with Gasteiger partial charge in [0.25, 0.3) is 17.7 Å². The molecule has 5 rings (SSSR count). The first-order valence-corrected chi connectivity index (χ1v) is 13.3. The van der Waals surface area contributed by atoms with E-state index in [-0.39, 0.29) is 24.9 Å². The third kappa shape index (κ3) is 6.24.